The summed E-state index contributed by atoms with van der Waals surface area (Å²) in [5.41, 5.74) is 2.37. The predicted octanol–water partition coefficient (Wildman–Crippen LogP) is 2.84. The van der Waals surface area contributed by atoms with E-state index in [0.29, 0.717) is 5.56 Å². The highest BCUT2D eigenvalue weighted by molar-refractivity contribution is 5.49. The fraction of sp³-hybridized carbons (Fsp3) is 0.364. The van der Waals surface area contributed by atoms with E-state index >= 15 is 0 Å². The number of nitro benzene ring substituents is 1. The van der Waals surface area contributed by atoms with E-state index in [1.54, 1.807) is 13.0 Å². The first-order chi connectivity index (χ1) is 6.97. The largest absolute Gasteiger partial charge is 0.274 e. The Hall–Kier alpha value is -1.89. The third kappa shape index (κ3) is 2.13. The summed E-state index contributed by atoms with van der Waals surface area (Å²) in [7, 11) is 0. The maximum Gasteiger partial charge on any atom is 0.274 e. The summed E-state index contributed by atoms with van der Waals surface area (Å²) < 4.78 is 0. The lowest BCUT2D eigenvalue weighted by atomic mass is 9.96. The highest BCUT2D eigenvalue weighted by Gasteiger charge is 2.19. The minimum Gasteiger partial charge on any atom is -0.258 e. The zero-order valence-electron chi connectivity index (χ0n) is 8.94. The SMILES string of the molecule is Cc1cc(C(C)C#N)c([N+](=O)[O-])cc1C. The van der Waals surface area contributed by atoms with Gasteiger partial charge in [-0.15, -0.1) is 0 Å². The average molecular weight is 204 g/mol. The van der Waals surface area contributed by atoms with Crippen LogP contribution in [0.15, 0.2) is 12.1 Å². The van der Waals surface area contributed by atoms with Crippen LogP contribution < -0.4 is 0 Å². The van der Waals surface area contributed by atoms with Gasteiger partial charge in [-0.05, 0) is 38.0 Å². The van der Waals surface area contributed by atoms with E-state index in [4.69, 9.17) is 5.26 Å². The Morgan fingerprint density at radius 1 is 1.40 bits per heavy atom. The molecule has 0 saturated heterocycles. The van der Waals surface area contributed by atoms with Gasteiger partial charge in [0.25, 0.3) is 5.69 Å². The minimum atomic E-state index is -0.454. The van der Waals surface area contributed by atoms with Crippen LogP contribution in [0.2, 0.25) is 0 Å². The van der Waals surface area contributed by atoms with Gasteiger partial charge < -0.3 is 0 Å². The Balaban J connectivity index is 3.43. The lowest BCUT2D eigenvalue weighted by Gasteiger charge is -2.07. The van der Waals surface area contributed by atoms with E-state index in [1.165, 1.54) is 6.07 Å². The van der Waals surface area contributed by atoms with Crippen LogP contribution in [0.5, 0.6) is 0 Å². The third-order valence-electron chi connectivity index (χ3n) is 2.50. The van der Waals surface area contributed by atoms with Gasteiger partial charge in [0, 0.05) is 11.6 Å². The second-order valence-electron chi connectivity index (χ2n) is 3.60. The molecule has 4 heteroatoms. The molecule has 0 aromatic heterocycles. The normalized spacial score (nSPS) is 11.9. The summed E-state index contributed by atoms with van der Waals surface area (Å²) in [5, 5.41) is 19.6. The van der Waals surface area contributed by atoms with Crippen LogP contribution in [0.3, 0.4) is 0 Å². The summed E-state index contributed by atoms with van der Waals surface area (Å²) in [4.78, 5) is 10.4. The first-order valence-electron chi connectivity index (χ1n) is 4.62. The van der Waals surface area contributed by atoms with Gasteiger partial charge in [-0.25, -0.2) is 0 Å². The van der Waals surface area contributed by atoms with Crippen LogP contribution >= 0.6 is 0 Å². The monoisotopic (exact) mass is 204 g/mol. The molecule has 78 valence electrons. The standard InChI is InChI=1S/C11H12N2O2/c1-7-4-10(9(3)6-12)11(13(14)15)5-8(7)2/h4-5,9H,1-3H3. The van der Waals surface area contributed by atoms with E-state index < -0.39 is 10.8 Å². The van der Waals surface area contributed by atoms with Crippen LogP contribution in [-0.4, -0.2) is 4.92 Å². The average Bonchev–Trinajstić information content (AvgIpc) is 2.20. The molecular weight excluding hydrogens is 192 g/mol. The van der Waals surface area contributed by atoms with Crippen LogP contribution in [-0.2, 0) is 0 Å². The highest BCUT2D eigenvalue weighted by Crippen LogP contribution is 2.28. The Bertz CT molecular complexity index is 447. The van der Waals surface area contributed by atoms with Crippen molar-refractivity contribution in [2.75, 3.05) is 0 Å². The van der Waals surface area contributed by atoms with Gasteiger partial charge in [0.15, 0.2) is 0 Å². The first-order valence-corrected chi connectivity index (χ1v) is 4.62. The van der Waals surface area contributed by atoms with Crippen molar-refractivity contribution in [2.45, 2.75) is 26.7 Å². The third-order valence-corrected chi connectivity index (χ3v) is 2.50. The van der Waals surface area contributed by atoms with Crippen molar-refractivity contribution in [2.24, 2.45) is 0 Å². The van der Waals surface area contributed by atoms with Crippen molar-refractivity contribution in [3.05, 3.63) is 38.9 Å². The topological polar surface area (TPSA) is 66.9 Å². The lowest BCUT2D eigenvalue weighted by molar-refractivity contribution is -0.385. The van der Waals surface area contributed by atoms with Crippen LogP contribution in [0.25, 0.3) is 0 Å². The summed E-state index contributed by atoms with van der Waals surface area (Å²) in [5.74, 6) is -0.454. The second-order valence-corrected chi connectivity index (χ2v) is 3.60. The molecule has 0 N–H and O–H groups in total. The van der Waals surface area contributed by atoms with E-state index in [-0.39, 0.29) is 5.69 Å². The van der Waals surface area contributed by atoms with Gasteiger partial charge in [0.2, 0.25) is 0 Å². The number of nitrogens with zero attached hydrogens (tertiary/aromatic N) is 2. The molecular formula is C11H12N2O2. The number of rotatable bonds is 2. The summed E-state index contributed by atoms with van der Waals surface area (Å²) >= 11 is 0. The molecule has 1 rings (SSSR count). The molecule has 0 saturated carbocycles. The number of nitro groups is 1. The lowest BCUT2D eigenvalue weighted by Crippen LogP contribution is -2.00. The molecule has 1 aromatic rings. The Morgan fingerprint density at radius 2 is 1.93 bits per heavy atom. The van der Waals surface area contributed by atoms with Crippen molar-refractivity contribution < 1.29 is 4.92 Å². The summed E-state index contributed by atoms with van der Waals surface area (Å²) in [6.45, 7) is 5.37. The van der Waals surface area contributed by atoms with Gasteiger partial charge in [0.1, 0.15) is 0 Å². The molecule has 0 amide bonds. The zero-order chi connectivity index (χ0) is 11.6. The Labute approximate surface area is 88.3 Å². The molecule has 0 radical (unpaired) electrons. The van der Waals surface area contributed by atoms with Crippen LogP contribution in [0, 0.1) is 35.3 Å². The Kier molecular flexibility index (Phi) is 3.05. The first kappa shape index (κ1) is 11.2. The van der Waals surface area contributed by atoms with Crippen molar-refractivity contribution in [1.29, 1.82) is 5.26 Å². The van der Waals surface area contributed by atoms with Gasteiger partial charge in [-0.2, -0.15) is 5.26 Å². The number of hydrogen-bond donors (Lipinski definition) is 0. The number of benzene rings is 1. The number of aryl methyl sites for hydroxylation is 2. The fourth-order valence-electron chi connectivity index (χ4n) is 1.40. The summed E-state index contributed by atoms with van der Waals surface area (Å²) in [6, 6.07) is 5.27. The molecule has 1 unspecified atom stereocenters. The Morgan fingerprint density at radius 3 is 2.40 bits per heavy atom. The quantitative estimate of drug-likeness (QED) is 0.549. The van der Waals surface area contributed by atoms with E-state index in [1.807, 2.05) is 19.9 Å². The fourth-order valence-corrected chi connectivity index (χ4v) is 1.40. The van der Waals surface area contributed by atoms with Gasteiger partial charge >= 0.3 is 0 Å². The molecule has 0 aliphatic heterocycles. The number of nitriles is 1. The molecule has 1 atom stereocenters. The molecule has 1 aromatic carbocycles. The molecule has 0 heterocycles. The molecule has 0 aliphatic carbocycles. The minimum absolute atomic E-state index is 0.0344. The van der Waals surface area contributed by atoms with E-state index in [9.17, 15) is 10.1 Å². The van der Waals surface area contributed by atoms with Crippen molar-refractivity contribution in [3.63, 3.8) is 0 Å². The second kappa shape index (κ2) is 4.09. The van der Waals surface area contributed by atoms with Gasteiger partial charge in [-0.3, -0.25) is 10.1 Å². The molecule has 15 heavy (non-hydrogen) atoms. The van der Waals surface area contributed by atoms with Crippen molar-refractivity contribution in [3.8, 4) is 6.07 Å². The maximum atomic E-state index is 10.8. The molecule has 0 aliphatic rings. The molecule has 0 spiro atoms. The smallest absolute Gasteiger partial charge is 0.258 e. The molecule has 4 nitrogen and oxygen atoms in total. The predicted molar refractivity (Wildman–Crippen MR) is 56.6 cm³/mol. The van der Waals surface area contributed by atoms with Crippen LogP contribution in [0.4, 0.5) is 5.69 Å². The van der Waals surface area contributed by atoms with Gasteiger partial charge in [0.05, 0.1) is 16.9 Å². The summed E-state index contributed by atoms with van der Waals surface area (Å²) in [6.07, 6.45) is 0. The van der Waals surface area contributed by atoms with Crippen molar-refractivity contribution in [1.82, 2.24) is 0 Å². The van der Waals surface area contributed by atoms with Gasteiger partial charge in [-0.1, -0.05) is 0 Å². The van der Waals surface area contributed by atoms with E-state index in [2.05, 4.69) is 0 Å². The molecule has 0 fully saturated rings. The highest BCUT2D eigenvalue weighted by atomic mass is 16.6. The molecule has 0 bridgehead atoms. The van der Waals surface area contributed by atoms with E-state index in [0.717, 1.165) is 11.1 Å². The zero-order valence-corrected chi connectivity index (χ0v) is 8.94. The number of hydrogen-bond acceptors (Lipinski definition) is 3. The maximum absolute atomic E-state index is 10.8. The van der Waals surface area contributed by atoms with Crippen LogP contribution in [0.1, 0.15) is 29.5 Å². The van der Waals surface area contributed by atoms with Crippen molar-refractivity contribution >= 4 is 5.69 Å².